The lowest BCUT2D eigenvalue weighted by molar-refractivity contribution is 0.0656. The first-order valence-corrected chi connectivity index (χ1v) is 7.29. The molecule has 1 amide bonds. The minimum atomic E-state index is 0.104. The van der Waals surface area contributed by atoms with Crippen LogP contribution >= 0.6 is 0 Å². The average molecular weight is 284 g/mol. The van der Waals surface area contributed by atoms with Gasteiger partial charge < -0.3 is 10.2 Å². The van der Waals surface area contributed by atoms with E-state index in [4.69, 9.17) is 0 Å². The van der Waals surface area contributed by atoms with Gasteiger partial charge in [-0.05, 0) is 44.2 Å². The molecule has 1 atom stereocenters. The van der Waals surface area contributed by atoms with E-state index in [2.05, 4.69) is 17.3 Å². The topological polar surface area (TPSA) is 50.2 Å². The molecule has 1 N–H and O–H groups in total. The molecule has 0 unspecified atom stereocenters. The maximum absolute atomic E-state index is 12.6. The Bertz CT molecular complexity index is 632. The summed E-state index contributed by atoms with van der Waals surface area (Å²) >= 11 is 0. The highest BCUT2D eigenvalue weighted by atomic mass is 16.2. The van der Waals surface area contributed by atoms with Gasteiger partial charge in [0.25, 0.3) is 5.91 Å². The third kappa shape index (κ3) is 2.69. The zero-order valence-electron chi connectivity index (χ0n) is 12.4. The van der Waals surface area contributed by atoms with Crippen molar-refractivity contribution in [2.75, 3.05) is 19.6 Å². The molecule has 2 aromatic rings. The number of aromatic nitrogens is 2. The molecule has 0 radical (unpaired) electrons. The average Bonchev–Trinajstić information content (AvgIpc) is 2.93. The van der Waals surface area contributed by atoms with Gasteiger partial charge >= 0.3 is 0 Å². The van der Waals surface area contributed by atoms with E-state index in [1.165, 1.54) is 0 Å². The zero-order chi connectivity index (χ0) is 14.8. The number of benzene rings is 1. The van der Waals surface area contributed by atoms with Gasteiger partial charge in [-0.15, -0.1) is 0 Å². The Morgan fingerprint density at radius 2 is 2.05 bits per heavy atom. The second-order valence-electron chi connectivity index (χ2n) is 5.48. The van der Waals surface area contributed by atoms with Crippen molar-refractivity contribution >= 4 is 5.91 Å². The number of piperazine rings is 1. The lowest BCUT2D eigenvalue weighted by atomic mass is 10.1. The Balaban J connectivity index is 1.81. The Hall–Kier alpha value is -2.14. The molecule has 0 saturated carbocycles. The van der Waals surface area contributed by atoms with E-state index in [1.807, 2.05) is 46.8 Å². The van der Waals surface area contributed by atoms with Crippen LogP contribution in [0.4, 0.5) is 0 Å². The molecule has 3 rings (SSSR count). The quantitative estimate of drug-likeness (QED) is 0.911. The van der Waals surface area contributed by atoms with Crippen LogP contribution in [0.25, 0.3) is 5.69 Å². The first-order valence-electron chi connectivity index (χ1n) is 7.29. The van der Waals surface area contributed by atoms with Crippen molar-refractivity contribution < 1.29 is 4.79 Å². The summed E-state index contributed by atoms with van der Waals surface area (Å²) in [7, 11) is 0. The van der Waals surface area contributed by atoms with Crippen LogP contribution in [0, 0.1) is 6.92 Å². The van der Waals surface area contributed by atoms with Gasteiger partial charge in [-0.1, -0.05) is 0 Å². The Kier molecular flexibility index (Phi) is 3.75. The summed E-state index contributed by atoms with van der Waals surface area (Å²) in [5.74, 6) is 0.104. The Morgan fingerprint density at radius 3 is 2.67 bits per heavy atom. The number of nitrogens with one attached hydrogen (secondary N) is 1. The van der Waals surface area contributed by atoms with Crippen LogP contribution in [0.5, 0.6) is 0 Å². The fourth-order valence-electron chi connectivity index (χ4n) is 2.69. The number of aryl methyl sites for hydroxylation is 1. The van der Waals surface area contributed by atoms with Crippen LogP contribution in [0.1, 0.15) is 23.0 Å². The van der Waals surface area contributed by atoms with Gasteiger partial charge in [0.05, 0.1) is 5.69 Å². The number of amides is 1. The molecule has 0 aliphatic carbocycles. The van der Waals surface area contributed by atoms with E-state index < -0.39 is 0 Å². The smallest absolute Gasteiger partial charge is 0.254 e. The highest BCUT2D eigenvalue weighted by molar-refractivity contribution is 5.94. The normalized spacial score (nSPS) is 18.8. The van der Waals surface area contributed by atoms with E-state index in [0.717, 1.165) is 36.6 Å². The van der Waals surface area contributed by atoms with Crippen molar-refractivity contribution in [1.29, 1.82) is 0 Å². The Labute approximate surface area is 124 Å². The molecular weight excluding hydrogens is 264 g/mol. The summed E-state index contributed by atoms with van der Waals surface area (Å²) in [6.07, 6.45) is 1.77. The van der Waals surface area contributed by atoms with E-state index in [-0.39, 0.29) is 11.9 Å². The molecule has 1 aliphatic heterocycles. The predicted octanol–water partition coefficient (Wildman–Crippen LogP) is 1.61. The monoisotopic (exact) mass is 284 g/mol. The van der Waals surface area contributed by atoms with E-state index in [9.17, 15) is 4.79 Å². The molecule has 0 spiro atoms. The molecule has 0 bridgehead atoms. The molecule has 2 heterocycles. The van der Waals surface area contributed by atoms with Gasteiger partial charge in [0.1, 0.15) is 0 Å². The largest absolute Gasteiger partial charge is 0.333 e. The van der Waals surface area contributed by atoms with Gasteiger partial charge in [-0.3, -0.25) is 4.79 Å². The van der Waals surface area contributed by atoms with Crippen molar-refractivity contribution in [1.82, 2.24) is 20.0 Å². The molecule has 21 heavy (non-hydrogen) atoms. The lowest BCUT2D eigenvalue weighted by Crippen LogP contribution is -2.52. The minimum absolute atomic E-state index is 0.104. The third-order valence-electron chi connectivity index (χ3n) is 3.95. The molecule has 5 heteroatoms. The summed E-state index contributed by atoms with van der Waals surface area (Å²) < 4.78 is 1.86. The molecule has 1 aliphatic rings. The number of rotatable bonds is 2. The maximum Gasteiger partial charge on any atom is 0.254 e. The SMILES string of the molecule is Cc1ccnn1-c1ccc(C(=O)N2CCNC[C@H]2C)cc1. The van der Waals surface area contributed by atoms with Crippen LogP contribution < -0.4 is 5.32 Å². The number of carbonyl (C=O) groups is 1. The first kappa shape index (κ1) is 13.8. The molecule has 1 fully saturated rings. The van der Waals surface area contributed by atoms with Crippen molar-refractivity contribution in [3.63, 3.8) is 0 Å². The first-order chi connectivity index (χ1) is 10.2. The highest BCUT2D eigenvalue weighted by Crippen LogP contribution is 2.14. The number of hydrogen-bond acceptors (Lipinski definition) is 3. The van der Waals surface area contributed by atoms with E-state index >= 15 is 0 Å². The summed E-state index contributed by atoms with van der Waals surface area (Å²) in [5.41, 5.74) is 2.78. The van der Waals surface area contributed by atoms with Gasteiger partial charge in [0.15, 0.2) is 0 Å². The Morgan fingerprint density at radius 1 is 1.29 bits per heavy atom. The lowest BCUT2D eigenvalue weighted by Gasteiger charge is -2.34. The zero-order valence-corrected chi connectivity index (χ0v) is 12.4. The molecule has 110 valence electrons. The van der Waals surface area contributed by atoms with E-state index in [1.54, 1.807) is 6.20 Å². The number of nitrogens with zero attached hydrogens (tertiary/aromatic N) is 3. The van der Waals surface area contributed by atoms with Gasteiger partial charge in [0.2, 0.25) is 0 Å². The maximum atomic E-state index is 12.6. The molecular formula is C16H20N4O. The van der Waals surface area contributed by atoms with Crippen LogP contribution in [-0.4, -0.2) is 46.3 Å². The fraction of sp³-hybridized carbons (Fsp3) is 0.375. The minimum Gasteiger partial charge on any atom is -0.333 e. The van der Waals surface area contributed by atoms with Gasteiger partial charge in [-0.25, -0.2) is 4.68 Å². The summed E-state index contributed by atoms with van der Waals surface area (Å²) in [4.78, 5) is 14.5. The number of carbonyl (C=O) groups excluding carboxylic acids is 1. The molecule has 5 nitrogen and oxygen atoms in total. The van der Waals surface area contributed by atoms with Crippen LogP contribution in [0.3, 0.4) is 0 Å². The van der Waals surface area contributed by atoms with Crippen molar-refractivity contribution in [2.45, 2.75) is 19.9 Å². The van der Waals surface area contributed by atoms with E-state index in [0.29, 0.717) is 0 Å². The number of hydrogen-bond donors (Lipinski definition) is 1. The molecule has 1 aromatic heterocycles. The van der Waals surface area contributed by atoms with Crippen molar-refractivity contribution in [3.8, 4) is 5.69 Å². The van der Waals surface area contributed by atoms with Crippen molar-refractivity contribution in [3.05, 3.63) is 47.8 Å². The summed E-state index contributed by atoms with van der Waals surface area (Å²) in [6, 6.07) is 9.85. The van der Waals surface area contributed by atoms with Crippen molar-refractivity contribution in [2.24, 2.45) is 0 Å². The summed E-state index contributed by atoms with van der Waals surface area (Å²) in [6.45, 7) is 6.57. The van der Waals surface area contributed by atoms with Crippen LogP contribution in [0.2, 0.25) is 0 Å². The summed E-state index contributed by atoms with van der Waals surface area (Å²) in [5, 5.41) is 7.57. The fourth-order valence-corrected chi connectivity index (χ4v) is 2.69. The second-order valence-corrected chi connectivity index (χ2v) is 5.48. The standard InChI is InChI=1S/C16H20N4O/c1-12-7-8-18-20(12)15-5-3-14(4-6-15)16(21)19-10-9-17-11-13(19)2/h3-8,13,17H,9-11H2,1-2H3/t13-/m1/s1. The van der Waals surface area contributed by atoms with Gasteiger partial charge in [-0.2, -0.15) is 5.10 Å². The highest BCUT2D eigenvalue weighted by Gasteiger charge is 2.23. The molecule has 1 aromatic carbocycles. The van der Waals surface area contributed by atoms with Crippen LogP contribution in [0.15, 0.2) is 36.5 Å². The predicted molar refractivity (Wildman–Crippen MR) is 81.7 cm³/mol. The molecule has 1 saturated heterocycles. The van der Waals surface area contributed by atoms with Gasteiger partial charge in [0, 0.05) is 43.1 Å². The van der Waals surface area contributed by atoms with Crippen LogP contribution in [-0.2, 0) is 0 Å². The third-order valence-corrected chi connectivity index (χ3v) is 3.95. The second kappa shape index (κ2) is 5.69.